The predicted octanol–water partition coefficient (Wildman–Crippen LogP) is 3.19. The van der Waals surface area contributed by atoms with Crippen LogP contribution in [0.4, 0.5) is 5.82 Å². The first-order valence-electron chi connectivity index (χ1n) is 5.74. The zero-order valence-corrected chi connectivity index (χ0v) is 10.2. The lowest BCUT2D eigenvalue weighted by Crippen LogP contribution is -2.16. The van der Waals surface area contributed by atoms with Crippen molar-refractivity contribution in [2.75, 3.05) is 5.32 Å². The molecule has 0 radical (unpaired) electrons. The van der Waals surface area contributed by atoms with Crippen LogP contribution < -0.4 is 5.32 Å². The van der Waals surface area contributed by atoms with Crippen molar-refractivity contribution in [3.63, 3.8) is 0 Å². The fourth-order valence-electron chi connectivity index (χ4n) is 1.45. The molecule has 0 saturated heterocycles. The molecule has 3 heteroatoms. The van der Waals surface area contributed by atoms with Crippen LogP contribution in [-0.2, 0) is 0 Å². The van der Waals surface area contributed by atoms with Gasteiger partial charge in [0.15, 0.2) is 0 Å². The van der Waals surface area contributed by atoms with Gasteiger partial charge in [-0.15, -0.1) is 0 Å². The summed E-state index contributed by atoms with van der Waals surface area (Å²) in [5.74, 6) is 1.58. The maximum absolute atomic E-state index is 8.65. The zero-order chi connectivity index (χ0) is 12.0. The molecule has 0 bridgehead atoms. The molecule has 0 amide bonds. The van der Waals surface area contributed by atoms with Gasteiger partial charge in [-0.2, -0.15) is 5.26 Å². The highest BCUT2D eigenvalue weighted by Gasteiger charge is 2.04. The highest BCUT2D eigenvalue weighted by atomic mass is 15.0. The Kier molecular flexibility index (Phi) is 4.78. The lowest BCUT2D eigenvalue weighted by Gasteiger charge is -2.15. The summed E-state index contributed by atoms with van der Waals surface area (Å²) in [6.07, 6.45) is 3.95. The Morgan fingerprint density at radius 2 is 2.06 bits per heavy atom. The second-order valence-corrected chi connectivity index (χ2v) is 4.56. The first-order valence-corrected chi connectivity index (χ1v) is 5.74. The molecule has 1 unspecified atom stereocenters. The van der Waals surface area contributed by atoms with Crippen molar-refractivity contribution >= 4 is 5.82 Å². The van der Waals surface area contributed by atoms with Crippen LogP contribution in [-0.4, -0.2) is 11.0 Å². The number of pyridine rings is 1. The molecule has 0 saturated carbocycles. The Balaban J connectivity index is 2.44. The van der Waals surface area contributed by atoms with Crippen LogP contribution in [0.3, 0.4) is 0 Å². The van der Waals surface area contributed by atoms with Crippen molar-refractivity contribution in [3.05, 3.63) is 23.9 Å². The van der Waals surface area contributed by atoms with E-state index in [1.807, 2.05) is 6.07 Å². The van der Waals surface area contributed by atoms with Gasteiger partial charge in [-0.25, -0.2) is 4.98 Å². The number of hydrogen-bond donors (Lipinski definition) is 1. The highest BCUT2D eigenvalue weighted by molar-refractivity contribution is 5.39. The Bertz CT molecular complexity index is 348. The highest BCUT2D eigenvalue weighted by Crippen LogP contribution is 2.11. The third kappa shape index (κ3) is 4.31. The topological polar surface area (TPSA) is 48.7 Å². The van der Waals surface area contributed by atoms with E-state index in [9.17, 15) is 0 Å². The zero-order valence-electron chi connectivity index (χ0n) is 10.2. The van der Waals surface area contributed by atoms with Gasteiger partial charge in [-0.05, 0) is 37.8 Å². The van der Waals surface area contributed by atoms with Crippen LogP contribution in [0.5, 0.6) is 0 Å². The number of nitrogens with zero attached hydrogens (tertiary/aromatic N) is 2. The van der Waals surface area contributed by atoms with Crippen molar-refractivity contribution in [2.45, 2.75) is 39.7 Å². The van der Waals surface area contributed by atoms with E-state index in [1.54, 1.807) is 12.3 Å². The van der Waals surface area contributed by atoms with E-state index in [4.69, 9.17) is 5.26 Å². The summed E-state index contributed by atoms with van der Waals surface area (Å²) in [6, 6.07) is 6.11. The summed E-state index contributed by atoms with van der Waals surface area (Å²) in [6.45, 7) is 6.61. The molecule has 0 aliphatic rings. The van der Waals surface area contributed by atoms with Crippen LogP contribution in [0.2, 0.25) is 0 Å². The quantitative estimate of drug-likeness (QED) is 0.824. The fraction of sp³-hybridized carbons (Fsp3) is 0.538. The molecule has 86 valence electrons. The second kappa shape index (κ2) is 6.12. The number of nitriles is 1. The normalized spacial score (nSPS) is 12.2. The molecule has 0 fully saturated rings. The SMILES string of the molecule is CC(C)CCC(C)Nc1ccc(C#N)cn1. The Hall–Kier alpha value is -1.56. The molecule has 1 heterocycles. The van der Waals surface area contributed by atoms with Gasteiger partial charge in [-0.3, -0.25) is 0 Å². The van der Waals surface area contributed by atoms with Crippen LogP contribution >= 0.6 is 0 Å². The molecule has 1 N–H and O–H groups in total. The van der Waals surface area contributed by atoms with Crippen molar-refractivity contribution in [1.82, 2.24) is 4.98 Å². The van der Waals surface area contributed by atoms with Gasteiger partial charge >= 0.3 is 0 Å². The summed E-state index contributed by atoms with van der Waals surface area (Å²) in [5, 5.41) is 12.0. The number of nitrogens with one attached hydrogen (secondary N) is 1. The van der Waals surface area contributed by atoms with Crippen molar-refractivity contribution in [1.29, 1.82) is 5.26 Å². The van der Waals surface area contributed by atoms with Gasteiger partial charge in [0.2, 0.25) is 0 Å². The van der Waals surface area contributed by atoms with Crippen LogP contribution in [0.25, 0.3) is 0 Å². The van der Waals surface area contributed by atoms with Crippen LogP contribution in [0.1, 0.15) is 39.2 Å². The minimum atomic E-state index is 0.419. The predicted molar refractivity (Wildman–Crippen MR) is 66.1 cm³/mol. The summed E-state index contributed by atoms with van der Waals surface area (Å²) < 4.78 is 0. The van der Waals surface area contributed by atoms with E-state index in [0.29, 0.717) is 11.6 Å². The summed E-state index contributed by atoms with van der Waals surface area (Å²) in [5.41, 5.74) is 0.598. The second-order valence-electron chi connectivity index (χ2n) is 4.56. The number of anilines is 1. The maximum Gasteiger partial charge on any atom is 0.126 e. The summed E-state index contributed by atoms with van der Waals surface area (Å²) in [4.78, 5) is 4.18. The molecule has 1 rings (SSSR count). The van der Waals surface area contributed by atoms with E-state index in [2.05, 4.69) is 37.1 Å². The monoisotopic (exact) mass is 217 g/mol. The van der Waals surface area contributed by atoms with Crippen LogP contribution in [0.15, 0.2) is 18.3 Å². The van der Waals surface area contributed by atoms with E-state index < -0.39 is 0 Å². The molecular weight excluding hydrogens is 198 g/mol. The van der Waals surface area contributed by atoms with Crippen molar-refractivity contribution in [2.24, 2.45) is 5.92 Å². The van der Waals surface area contributed by atoms with Crippen molar-refractivity contribution < 1.29 is 0 Å². The average Bonchev–Trinajstić information content (AvgIpc) is 2.27. The lowest BCUT2D eigenvalue weighted by molar-refractivity contribution is 0.527. The summed E-state index contributed by atoms with van der Waals surface area (Å²) in [7, 11) is 0. The molecule has 0 aliphatic heterocycles. The molecule has 0 aromatic carbocycles. The third-order valence-electron chi connectivity index (χ3n) is 2.46. The molecule has 16 heavy (non-hydrogen) atoms. The average molecular weight is 217 g/mol. The smallest absolute Gasteiger partial charge is 0.126 e. The molecule has 1 atom stereocenters. The first kappa shape index (κ1) is 12.5. The van der Waals surface area contributed by atoms with Gasteiger partial charge in [0.05, 0.1) is 5.56 Å². The molecule has 0 aliphatic carbocycles. The maximum atomic E-state index is 8.65. The third-order valence-corrected chi connectivity index (χ3v) is 2.46. The van der Waals surface area contributed by atoms with Crippen molar-refractivity contribution in [3.8, 4) is 6.07 Å². The van der Waals surface area contributed by atoms with E-state index >= 15 is 0 Å². The van der Waals surface area contributed by atoms with Gasteiger partial charge in [0.1, 0.15) is 11.9 Å². The molecular formula is C13H19N3. The largest absolute Gasteiger partial charge is 0.368 e. The number of rotatable bonds is 5. The van der Waals surface area contributed by atoms with Crippen LogP contribution in [0, 0.1) is 17.2 Å². The molecule has 0 spiro atoms. The Morgan fingerprint density at radius 1 is 1.31 bits per heavy atom. The van der Waals surface area contributed by atoms with Gasteiger partial charge in [0.25, 0.3) is 0 Å². The Morgan fingerprint density at radius 3 is 2.56 bits per heavy atom. The Labute approximate surface area is 97.5 Å². The van der Waals surface area contributed by atoms with Gasteiger partial charge in [-0.1, -0.05) is 13.8 Å². The minimum absolute atomic E-state index is 0.419. The summed E-state index contributed by atoms with van der Waals surface area (Å²) >= 11 is 0. The standard InChI is InChI=1S/C13H19N3/c1-10(2)4-5-11(3)16-13-7-6-12(8-14)9-15-13/h6-7,9-11H,4-5H2,1-3H3,(H,15,16). The minimum Gasteiger partial charge on any atom is -0.368 e. The van der Waals surface area contributed by atoms with Gasteiger partial charge in [0, 0.05) is 12.2 Å². The van der Waals surface area contributed by atoms with Gasteiger partial charge < -0.3 is 5.32 Å². The van der Waals surface area contributed by atoms with E-state index in [-0.39, 0.29) is 0 Å². The fourth-order valence-corrected chi connectivity index (χ4v) is 1.45. The number of hydrogen-bond acceptors (Lipinski definition) is 3. The first-order chi connectivity index (χ1) is 7.61. The molecule has 1 aromatic heterocycles. The van der Waals surface area contributed by atoms with E-state index in [0.717, 1.165) is 18.2 Å². The number of aromatic nitrogens is 1. The lowest BCUT2D eigenvalue weighted by atomic mass is 10.0. The van der Waals surface area contributed by atoms with E-state index in [1.165, 1.54) is 6.42 Å². The molecule has 1 aromatic rings. The molecule has 3 nitrogen and oxygen atoms in total.